The van der Waals surface area contributed by atoms with Gasteiger partial charge in [0, 0.05) is 0 Å². The molecule has 3 nitrogen and oxygen atoms in total. The molecule has 22 heavy (non-hydrogen) atoms. The van der Waals surface area contributed by atoms with Crippen molar-refractivity contribution in [1.29, 1.82) is 0 Å². The maximum atomic E-state index is 12.5. The maximum absolute atomic E-state index is 12.5. The summed E-state index contributed by atoms with van der Waals surface area (Å²) in [6.07, 6.45) is -12.0. The molecule has 0 rings (SSSR count). The van der Waals surface area contributed by atoms with E-state index in [0.717, 1.165) is 0 Å². The van der Waals surface area contributed by atoms with Crippen molar-refractivity contribution in [1.82, 2.24) is 0 Å². The summed E-state index contributed by atoms with van der Waals surface area (Å²) in [4.78, 5) is 19.3. The molecule has 1 atom stereocenters. The van der Waals surface area contributed by atoms with Gasteiger partial charge in [-0.2, -0.15) is 0 Å². The molecule has 0 aliphatic rings. The summed E-state index contributed by atoms with van der Waals surface area (Å²) in [5.74, 6) is -1.08. The topological polar surface area (TPSA) is 46.5 Å². The number of ether oxygens (including phenoxy) is 1. The second-order valence-corrected chi connectivity index (χ2v) is 17.1. The summed E-state index contributed by atoms with van der Waals surface area (Å²) < 4.78 is 78.9. The molecule has 0 fully saturated rings. The van der Waals surface area contributed by atoms with Gasteiger partial charge in [0.1, 0.15) is 0 Å². The number of alkyl halides is 12. The van der Waals surface area contributed by atoms with E-state index in [1.807, 2.05) is 9.86 Å². The van der Waals surface area contributed by atoms with Gasteiger partial charge in [-0.25, -0.2) is 0 Å². The van der Waals surface area contributed by atoms with E-state index in [0.29, 0.717) is 4.43 Å². The molecule has 0 saturated heterocycles. The number of rotatable bonds is 6. The first-order valence-corrected chi connectivity index (χ1v) is 17.0. The average Bonchev–Trinajstić information content (AvgIpc) is 2.28. The van der Waals surface area contributed by atoms with Crippen LogP contribution in [-0.2, 0) is 9.53 Å². The van der Waals surface area contributed by atoms with Gasteiger partial charge in [-0.15, -0.1) is 0 Å². The standard InChI is InChI=1S/C11H18F6I2O3/c1-18(2)5-7(19(3)4)8(20)22-6-9(21,10(12,13)14)11(15,16)17/h7,21H,5-6H2,1-4H3. The molecule has 136 valence electrons. The van der Waals surface area contributed by atoms with Gasteiger partial charge in [0.25, 0.3) is 0 Å². The minimum absolute atomic E-state index is 0.483. The fourth-order valence-corrected chi connectivity index (χ4v) is 13.9. The van der Waals surface area contributed by atoms with Crippen molar-refractivity contribution >= 4 is 45.6 Å². The molecule has 0 bridgehead atoms. The Kier molecular flexibility index (Phi) is 8.20. The monoisotopic (exact) mass is 566 g/mol. The number of halogens is 8. The van der Waals surface area contributed by atoms with Gasteiger partial charge in [0.05, 0.1) is 0 Å². The summed E-state index contributed by atoms with van der Waals surface area (Å²) in [6.45, 7) is -2.17. The van der Waals surface area contributed by atoms with E-state index in [9.17, 15) is 31.1 Å². The van der Waals surface area contributed by atoms with Crippen molar-refractivity contribution in [3.05, 3.63) is 0 Å². The second-order valence-electron chi connectivity index (χ2n) is 4.81. The molecule has 1 unspecified atom stereocenters. The van der Waals surface area contributed by atoms with Crippen LogP contribution in [0, 0.1) is 0 Å². The zero-order valence-corrected chi connectivity index (χ0v) is 16.6. The van der Waals surface area contributed by atoms with Crippen LogP contribution in [0.25, 0.3) is 0 Å². The summed E-state index contributed by atoms with van der Waals surface area (Å²) in [5.41, 5.74) is -5.04. The van der Waals surface area contributed by atoms with Crippen LogP contribution in [0.4, 0.5) is 26.3 Å². The van der Waals surface area contributed by atoms with Crippen molar-refractivity contribution in [3.63, 3.8) is 0 Å². The molecule has 0 spiro atoms. The minimum atomic E-state index is -5.98. The molecular weight excluding hydrogens is 548 g/mol. The van der Waals surface area contributed by atoms with Gasteiger partial charge in [0.2, 0.25) is 0 Å². The van der Waals surface area contributed by atoms with E-state index in [-0.39, 0.29) is 0 Å². The van der Waals surface area contributed by atoms with Gasteiger partial charge in [-0.3, -0.25) is 0 Å². The zero-order chi connectivity index (χ0) is 17.9. The van der Waals surface area contributed by atoms with E-state index in [1.54, 1.807) is 9.86 Å². The van der Waals surface area contributed by atoms with Crippen LogP contribution in [0.5, 0.6) is 0 Å². The van der Waals surface area contributed by atoms with E-state index in [4.69, 9.17) is 5.11 Å². The first-order chi connectivity index (χ1) is 9.63. The van der Waals surface area contributed by atoms with Crippen molar-refractivity contribution < 1.29 is 41.0 Å². The van der Waals surface area contributed by atoms with E-state index >= 15 is 0 Å². The van der Waals surface area contributed by atoms with Crippen molar-refractivity contribution in [2.75, 3.05) is 30.8 Å². The summed E-state index contributed by atoms with van der Waals surface area (Å²) in [6, 6.07) is 0. The Morgan fingerprint density at radius 1 is 1.05 bits per heavy atom. The number of aliphatic hydroxyl groups is 1. The second kappa shape index (κ2) is 8.03. The van der Waals surface area contributed by atoms with Crippen LogP contribution in [0.1, 0.15) is 0 Å². The quantitative estimate of drug-likeness (QED) is 0.233. The number of carbonyl (C=O) groups excluding carboxylic acids is 1. The molecule has 0 aromatic rings. The van der Waals surface area contributed by atoms with Crippen LogP contribution in [-0.4, -0.2) is 63.7 Å². The van der Waals surface area contributed by atoms with Gasteiger partial charge in [0.15, 0.2) is 0 Å². The third-order valence-corrected chi connectivity index (χ3v) is 10.9. The first-order valence-electron chi connectivity index (χ1n) is 5.60. The van der Waals surface area contributed by atoms with Gasteiger partial charge < -0.3 is 0 Å². The first kappa shape index (κ1) is 22.5. The fourth-order valence-electron chi connectivity index (χ4n) is 1.22. The molecule has 0 radical (unpaired) electrons. The number of carbonyl (C=O) groups is 1. The Morgan fingerprint density at radius 2 is 1.45 bits per heavy atom. The predicted molar refractivity (Wildman–Crippen MR) is 88.4 cm³/mol. The van der Waals surface area contributed by atoms with E-state index in [2.05, 4.69) is 4.74 Å². The Hall–Kier alpha value is 0.470. The molecule has 0 amide bonds. The normalized spacial score (nSPS) is 16.1. The Labute approximate surface area is 138 Å². The van der Waals surface area contributed by atoms with Crippen LogP contribution in [0.2, 0.25) is 0 Å². The Bertz CT molecular complexity index is 367. The Morgan fingerprint density at radius 3 is 1.73 bits per heavy atom. The molecule has 0 aromatic heterocycles. The number of hydrogen-bond donors (Lipinski definition) is 1. The zero-order valence-electron chi connectivity index (χ0n) is 12.3. The van der Waals surface area contributed by atoms with Crippen LogP contribution in [0.15, 0.2) is 0 Å². The molecule has 0 aliphatic heterocycles. The number of esters is 1. The van der Waals surface area contributed by atoms with Crippen molar-refractivity contribution in [2.45, 2.75) is 21.9 Å². The summed E-state index contributed by atoms with van der Waals surface area (Å²) in [5, 5.41) is 8.93. The predicted octanol–water partition coefficient (Wildman–Crippen LogP) is 3.29. The number of hydrogen-bond acceptors (Lipinski definition) is 3. The third kappa shape index (κ3) is 5.83. The molecule has 11 heteroatoms. The molecule has 0 heterocycles. The molecular formula is C11H18F6I2O3. The Balaban J connectivity index is 5.11. The molecule has 0 aliphatic carbocycles. The van der Waals surface area contributed by atoms with Crippen LogP contribution >= 0.6 is 39.6 Å². The molecule has 0 aromatic carbocycles. The van der Waals surface area contributed by atoms with Crippen molar-refractivity contribution in [3.8, 4) is 0 Å². The molecule has 0 saturated carbocycles. The van der Waals surface area contributed by atoms with Gasteiger partial charge >= 0.3 is 139 Å². The summed E-state index contributed by atoms with van der Waals surface area (Å²) >= 11 is -3.23. The van der Waals surface area contributed by atoms with Crippen molar-refractivity contribution in [2.24, 2.45) is 0 Å². The van der Waals surface area contributed by atoms with Crippen LogP contribution < -0.4 is 0 Å². The van der Waals surface area contributed by atoms with E-state index < -0.39 is 74.1 Å². The average molecular weight is 566 g/mol. The van der Waals surface area contributed by atoms with Gasteiger partial charge in [-0.1, -0.05) is 0 Å². The van der Waals surface area contributed by atoms with E-state index in [1.165, 1.54) is 0 Å². The summed E-state index contributed by atoms with van der Waals surface area (Å²) in [7, 11) is 0. The molecule has 1 N–H and O–H groups in total. The van der Waals surface area contributed by atoms with Crippen LogP contribution in [0.3, 0.4) is 0 Å². The van der Waals surface area contributed by atoms with Gasteiger partial charge in [-0.05, 0) is 0 Å². The SMILES string of the molecule is CI(C)CC(C(=O)OCC(O)(C(F)(F)F)C(F)(F)F)I(C)C. The third-order valence-electron chi connectivity index (χ3n) is 2.59. The fraction of sp³-hybridized carbons (Fsp3) is 0.909.